The van der Waals surface area contributed by atoms with Gasteiger partial charge in [0.15, 0.2) is 11.5 Å². The molecule has 0 atom stereocenters. The van der Waals surface area contributed by atoms with Crippen molar-refractivity contribution in [2.75, 3.05) is 19.2 Å². The Hall–Kier alpha value is -2.48. The first-order valence-electron chi connectivity index (χ1n) is 5.14. The number of nitrogens with one attached hydrogen (secondary N) is 1. The molecule has 1 aromatic carbocycles. The number of nitrogens with zero attached hydrogens (tertiary/aromatic N) is 2. The first-order valence-corrected chi connectivity index (χ1v) is 5.14. The summed E-state index contributed by atoms with van der Waals surface area (Å²) in [6.45, 7) is 0.228. The van der Waals surface area contributed by atoms with Gasteiger partial charge < -0.3 is 14.8 Å². The highest BCUT2D eigenvalue weighted by Gasteiger charge is 2.16. The van der Waals surface area contributed by atoms with Crippen LogP contribution in [0.2, 0.25) is 0 Å². The molecule has 5 heteroatoms. The quantitative estimate of drug-likeness (QED) is 0.805. The van der Waals surface area contributed by atoms with Gasteiger partial charge in [-0.2, -0.15) is 5.26 Å². The normalized spacial score (nSPS) is 12.5. The van der Waals surface area contributed by atoms with E-state index in [1.54, 1.807) is 19.2 Å². The van der Waals surface area contributed by atoms with Crippen molar-refractivity contribution in [3.05, 3.63) is 23.9 Å². The highest BCUT2D eigenvalue weighted by molar-refractivity contribution is 5.94. The summed E-state index contributed by atoms with van der Waals surface area (Å²) in [6, 6.07) is 7.41. The van der Waals surface area contributed by atoms with Crippen molar-refractivity contribution in [3.8, 4) is 17.6 Å². The minimum Gasteiger partial charge on any atom is -0.454 e. The van der Waals surface area contributed by atoms with E-state index in [0.717, 1.165) is 16.6 Å². The summed E-state index contributed by atoms with van der Waals surface area (Å²) < 4.78 is 10.6. The number of nitriles is 1. The third-order valence-electron chi connectivity index (χ3n) is 2.69. The van der Waals surface area contributed by atoms with E-state index in [1.165, 1.54) is 0 Å². The zero-order valence-electron chi connectivity index (χ0n) is 9.15. The molecule has 0 fully saturated rings. The van der Waals surface area contributed by atoms with Crippen LogP contribution in [0.5, 0.6) is 11.5 Å². The van der Waals surface area contributed by atoms with Crippen LogP contribution in [0.1, 0.15) is 5.69 Å². The molecule has 2 aromatic rings. The van der Waals surface area contributed by atoms with Gasteiger partial charge in [-0.05, 0) is 12.1 Å². The number of ether oxygens (including phenoxy) is 2. The first-order chi connectivity index (χ1) is 8.31. The van der Waals surface area contributed by atoms with Crippen molar-refractivity contribution in [3.63, 3.8) is 0 Å². The number of hydrogen-bond acceptors (Lipinski definition) is 5. The van der Waals surface area contributed by atoms with Gasteiger partial charge in [-0.1, -0.05) is 0 Å². The van der Waals surface area contributed by atoms with Crippen LogP contribution in [0.4, 0.5) is 5.69 Å². The largest absolute Gasteiger partial charge is 0.454 e. The van der Waals surface area contributed by atoms with E-state index in [9.17, 15) is 0 Å². The Morgan fingerprint density at radius 1 is 1.29 bits per heavy atom. The average molecular weight is 227 g/mol. The second kappa shape index (κ2) is 3.52. The summed E-state index contributed by atoms with van der Waals surface area (Å²) in [5.41, 5.74) is 1.95. The molecule has 0 radical (unpaired) electrons. The molecule has 0 unspecified atom stereocenters. The van der Waals surface area contributed by atoms with Crippen LogP contribution >= 0.6 is 0 Å². The molecule has 0 saturated heterocycles. The summed E-state index contributed by atoms with van der Waals surface area (Å²) in [4.78, 5) is 4.24. The Labute approximate surface area is 97.6 Å². The number of aromatic nitrogens is 1. The third-order valence-corrected chi connectivity index (χ3v) is 2.69. The fraction of sp³-hybridized carbons (Fsp3) is 0.167. The predicted octanol–water partition coefficient (Wildman–Crippen LogP) is 1.88. The highest BCUT2D eigenvalue weighted by atomic mass is 16.7. The number of rotatable bonds is 1. The Kier molecular flexibility index (Phi) is 2.02. The molecule has 1 aliphatic rings. The molecule has 0 saturated carbocycles. The maximum absolute atomic E-state index is 8.91. The van der Waals surface area contributed by atoms with Crippen LogP contribution in [0.25, 0.3) is 10.9 Å². The second-order valence-electron chi connectivity index (χ2n) is 3.64. The molecule has 17 heavy (non-hydrogen) atoms. The standard InChI is InChI=1S/C12H9N3O2/c1-14-9-2-7(5-13)15-10-4-12-11(3-8(9)10)16-6-17-12/h2-4H,6H2,1H3,(H,14,15). The topological polar surface area (TPSA) is 67.2 Å². The van der Waals surface area contributed by atoms with Crippen molar-refractivity contribution in [2.45, 2.75) is 0 Å². The van der Waals surface area contributed by atoms with Crippen LogP contribution in [0, 0.1) is 11.3 Å². The van der Waals surface area contributed by atoms with Crippen LogP contribution in [0.15, 0.2) is 18.2 Å². The predicted molar refractivity (Wildman–Crippen MR) is 62.1 cm³/mol. The van der Waals surface area contributed by atoms with Crippen molar-refractivity contribution >= 4 is 16.6 Å². The van der Waals surface area contributed by atoms with E-state index in [-0.39, 0.29) is 6.79 Å². The summed E-state index contributed by atoms with van der Waals surface area (Å²) in [7, 11) is 1.81. The highest BCUT2D eigenvalue weighted by Crippen LogP contribution is 2.37. The minimum atomic E-state index is 0.228. The van der Waals surface area contributed by atoms with Gasteiger partial charge in [0.1, 0.15) is 11.8 Å². The van der Waals surface area contributed by atoms with Gasteiger partial charge in [-0.25, -0.2) is 4.98 Å². The fourth-order valence-corrected chi connectivity index (χ4v) is 1.88. The fourth-order valence-electron chi connectivity index (χ4n) is 1.88. The van der Waals surface area contributed by atoms with E-state index in [1.807, 2.05) is 12.1 Å². The molecule has 0 spiro atoms. The zero-order chi connectivity index (χ0) is 11.8. The Balaban J connectivity index is 2.34. The van der Waals surface area contributed by atoms with E-state index in [0.29, 0.717) is 17.2 Å². The Morgan fingerprint density at radius 3 is 2.76 bits per heavy atom. The van der Waals surface area contributed by atoms with Gasteiger partial charge in [0.25, 0.3) is 0 Å². The maximum Gasteiger partial charge on any atom is 0.231 e. The first kappa shape index (κ1) is 9.73. The van der Waals surface area contributed by atoms with Gasteiger partial charge in [-0.15, -0.1) is 0 Å². The molecular weight excluding hydrogens is 218 g/mol. The number of pyridine rings is 1. The number of hydrogen-bond donors (Lipinski definition) is 1. The number of fused-ring (bicyclic) bond motifs is 2. The van der Waals surface area contributed by atoms with E-state index < -0.39 is 0 Å². The lowest BCUT2D eigenvalue weighted by Gasteiger charge is -2.07. The second-order valence-corrected chi connectivity index (χ2v) is 3.64. The van der Waals surface area contributed by atoms with Crippen molar-refractivity contribution in [2.24, 2.45) is 0 Å². The number of benzene rings is 1. The average Bonchev–Trinajstić information content (AvgIpc) is 2.81. The molecule has 84 valence electrons. The lowest BCUT2D eigenvalue weighted by molar-refractivity contribution is 0.174. The molecule has 2 heterocycles. The van der Waals surface area contributed by atoms with E-state index in [4.69, 9.17) is 14.7 Å². The molecule has 1 aliphatic heterocycles. The molecule has 1 aromatic heterocycles. The van der Waals surface area contributed by atoms with Gasteiger partial charge in [-0.3, -0.25) is 0 Å². The summed E-state index contributed by atoms with van der Waals surface area (Å²) >= 11 is 0. The van der Waals surface area contributed by atoms with Gasteiger partial charge in [0.05, 0.1) is 5.52 Å². The summed E-state index contributed by atoms with van der Waals surface area (Å²) in [5, 5.41) is 12.9. The molecule has 5 nitrogen and oxygen atoms in total. The Bertz CT molecular complexity index is 646. The molecule has 0 amide bonds. The van der Waals surface area contributed by atoms with Crippen molar-refractivity contribution in [1.29, 1.82) is 5.26 Å². The molecule has 0 aliphatic carbocycles. The van der Waals surface area contributed by atoms with Crippen molar-refractivity contribution in [1.82, 2.24) is 4.98 Å². The van der Waals surface area contributed by atoms with Crippen LogP contribution in [-0.4, -0.2) is 18.8 Å². The molecular formula is C12H9N3O2. The van der Waals surface area contributed by atoms with Gasteiger partial charge >= 0.3 is 0 Å². The smallest absolute Gasteiger partial charge is 0.231 e. The van der Waals surface area contributed by atoms with Gasteiger partial charge in [0.2, 0.25) is 6.79 Å². The van der Waals surface area contributed by atoms with Crippen LogP contribution in [0.3, 0.4) is 0 Å². The summed E-state index contributed by atoms with van der Waals surface area (Å²) in [6.07, 6.45) is 0. The van der Waals surface area contributed by atoms with Crippen LogP contribution < -0.4 is 14.8 Å². The Morgan fingerprint density at radius 2 is 2.06 bits per heavy atom. The molecule has 3 rings (SSSR count). The molecule has 1 N–H and O–H groups in total. The van der Waals surface area contributed by atoms with E-state index in [2.05, 4.69) is 10.3 Å². The van der Waals surface area contributed by atoms with Gasteiger partial charge in [0, 0.05) is 24.2 Å². The van der Waals surface area contributed by atoms with E-state index >= 15 is 0 Å². The monoisotopic (exact) mass is 227 g/mol. The lowest BCUT2D eigenvalue weighted by Crippen LogP contribution is -1.94. The maximum atomic E-state index is 8.91. The van der Waals surface area contributed by atoms with Crippen LogP contribution in [-0.2, 0) is 0 Å². The number of anilines is 1. The zero-order valence-corrected chi connectivity index (χ0v) is 9.15. The SMILES string of the molecule is CNc1cc(C#N)nc2cc3c(cc12)OCO3. The lowest BCUT2D eigenvalue weighted by atomic mass is 10.1. The third kappa shape index (κ3) is 1.42. The summed E-state index contributed by atoms with van der Waals surface area (Å²) in [5.74, 6) is 1.38. The minimum absolute atomic E-state index is 0.228. The van der Waals surface area contributed by atoms with Crippen molar-refractivity contribution < 1.29 is 9.47 Å². The molecule has 0 bridgehead atoms.